The fraction of sp³-hybridized carbons (Fsp3) is 0.538. The molecule has 0 amide bonds. The third-order valence-corrected chi connectivity index (χ3v) is 5.09. The Hall–Kier alpha value is -1.19. The summed E-state index contributed by atoms with van der Waals surface area (Å²) in [6.45, 7) is 0. The molecule has 1 saturated carbocycles. The molecule has 0 saturated heterocycles. The van der Waals surface area contributed by atoms with Gasteiger partial charge in [-0.15, -0.1) is 0 Å². The van der Waals surface area contributed by atoms with Gasteiger partial charge in [-0.2, -0.15) is 13.2 Å². The summed E-state index contributed by atoms with van der Waals surface area (Å²) < 4.78 is 77.9. The van der Waals surface area contributed by atoms with E-state index in [9.17, 15) is 31.1 Å². The summed E-state index contributed by atoms with van der Waals surface area (Å²) in [5.41, 5.74) is -1.25. The van der Waals surface area contributed by atoms with E-state index in [1.54, 1.807) is 0 Å². The summed E-state index contributed by atoms with van der Waals surface area (Å²) in [7, 11) is -4.49. The van der Waals surface area contributed by atoms with Gasteiger partial charge < -0.3 is 5.11 Å². The normalized spacial score (nSPS) is 23.5. The lowest BCUT2D eigenvalue weighted by Crippen LogP contribution is -2.45. The molecule has 0 aliphatic heterocycles. The zero-order valence-electron chi connectivity index (χ0n) is 11.4. The Bertz CT molecular complexity index is 645. The van der Waals surface area contributed by atoms with Crippen molar-refractivity contribution in [1.82, 2.24) is 4.72 Å². The Morgan fingerprint density at radius 2 is 1.82 bits per heavy atom. The van der Waals surface area contributed by atoms with Crippen molar-refractivity contribution in [2.75, 3.05) is 0 Å². The summed E-state index contributed by atoms with van der Waals surface area (Å²) in [5.74, 6) is -1.27. The molecular formula is C13H15F4NO3S. The Morgan fingerprint density at radius 1 is 1.18 bits per heavy atom. The molecule has 1 aliphatic carbocycles. The molecule has 0 spiro atoms. The molecule has 4 nitrogen and oxygen atoms in total. The van der Waals surface area contributed by atoms with Crippen molar-refractivity contribution in [2.24, 2.45) is 0 Å². The molecule has 1 aromatic carbocycles. The number of halogens is 4. The van der Waals surface area contributed by atoms with Gasteiger partial charge in [-0.1, -0.05) is 12.8 Å². The quantitative estimate of drug-likeness (QED) is 0.830. The van der Waals surface area contributed by atoms with Crippen LogP contribution in [-0.2, 0) is 16.2 Å². The number of hydrogen-bond donors (Lipinski definition) is 2. The van der Waals surface area contributed by atoms with Crippen LogP contribution in [0, 0.1) is 5.82 Å². The number of aliphatic hydroxyl groups is 1. The van der Waals surface area contributed by atoms with Gasteiger partial charge >= 0.3 is 6.18 Å². The molecule has 1 fully saturated rings. The number of alkyl halides is 3. The molecule has 2 unspecified atom stereocenters. The fourth-order valence-electron chi connectivity index (χ4n) is 2.40. The van der Waals surface area contributed by atoms with E-state index in [0.717, 1.165) is 6.42 Å². The highest BCUT2D eigenvalue weighted by atomic mass is 32.2. The molecule has 1 aliphatic rings. The predicted octanol–water partition coefficient (Wildman–Crippen LogP) is 2.43. The third kappa shape index (κ3) is 3.76. The lowest BCUT2D eigenvalue weighted by Gasteiger charge is -2.28. The van der Waals surface area contributed by atoms with E-state index in [2.05, 4.69) is 4.72 Å². The van der Waals surface area contributed by atoms with Crippen LogP contribution in [0.5, 0.6) is 0 Å². The lowest BCUT2D eigenvalue weighted by molar-refractivity contribution is -0.137. The van der Waals surface area contributed by atoms with Crippen LogP contribution in [0.25, 0.3) is 0 Å². The maximum atomic E-state index is 13.7. The minimum absolute atomic E-state index is 0.257. The molecule has 0 radical (unpaired) electrons. The molecule has 2 rings (SSSR count). The van der Waals surface area contributed by atoms with Crippen LogP contribution in [0.3, 0.4) is 0 Å². The van der Waals surface area contributed by atoms with E-state index in [0.29, 0.717) is 31.4 Å². The Kier molecular flexibility index (Phi) is 4.78. The van der Waals surface area contributed by atoms with Crippen molar-refractivity contribution in [1.29, 1.82) is 0 Å². The lowest BCUT2D eigenvalue weighted by atomic mass is 9.93. The monoisotopic (exact) mass is 341 g/mol. The highest BCUT2D eigenvalue weighted by Crippen LogP contribution is 2.31. The van der Waals surface area contributed by atoms with Crippen molar-refractivity contribution in [2.45, 2.75) is 48.9 Å². The zero-order valence-corrected chi connectivity index (χ0v) is 12.2. The molecule has 1 aromatic rings. The molecule has 9 heteroatoms. The second-order valence-electron chi connectivity index (χ2n) is 5.22. The van der Waals surface area contributed by atoms with Gasteiger partial charge in [0.15, 0.2) is 0 Å². The van der Waals surface area contributed by atoms with E-state index in [1.165, 1.54) is 0 Å². The predicted molar refractivity (Wildman–Crippen MR) is 70.0 cm³/mol. The first-order valence-electron chi connectivity index (χ1n) is 6.68. The Balaban J connectivity index is 2.32. The van der Waals surface area contributed by atoms with E-state index in [-0.39, 0.29) is 6.07 Å². The van der Waals surface area contributed by atoms with Crippen molar-refractivity contribution in [3.8, 4) is 0 Å². The van der Waals surface area contributed by atoms with E-state index >= 15 is 0 Å². The first kappa shape index (κ1) is 17.2. The highest BCUT2D eigenvalue weighted by Gasteiger charge is 2.34. The highest BCUT2D eigenvalue weighted by molar-refractivity contribution is 7.89. The number of sulfonamides is 1. The van der Waals surface area contributed by atoms with Gasteiger partial charge in [0, 0.05) is 6.04 Å². The largest absolute Gasteiger partial charge is 0.416 e. The topological polar surface area (TPSA) is 66.4 Å². The molecule has 0 aromatic heterocycles. The number of aliphatic hydroxyl groups excluding tert-OH is 1. The van der Waals surface area contributed by atoms with Crippen molar-refractivity contribution >= 4 is 10.0 Å². The minimum atomic E-state index is -4.78. The van der Waals surface area contributed by atoms with Crippen LogP contribution in [0.4, 0.5) is 17.6 Å². The first-order chi connectivity index (χ1) is 10.1. The Morgan fingerprint density at radius 3 is 2.41 bits per heavy atom. The van der Waals surface area contributed by atoms with Gasteiger partial charge in [0.25, 0.3) is 0 Å². The van der Waals surface area contributed by atoms with Crippen molar-refractivity contribution < 1.29 is 31.1 Å². The van der Waals surface area contributed by atoms with E-state index in [4.69, 9.17) is 0 Å². The fourth-order valence-corrected chi connectivity index (χ4v) is 3.80. The van der Waals surface area contributed by atoms with Crippen LogP contribution in [0.15, 0.2) is 23.1 Å². The maximum Gasteiger partial charge on any atom is 0.416 e. The van der Waals surface area contributed by atoms with Gasteiger partial charge in [-0.25, -0.2) is 17.5 Å². The molecular weight excluding hydrogens is 326 g/mol. The number of rotatable bonds is 3. The van der Waals surface area contributed by atoms with Crippen LogP contribution in [0.1, 0.15) is 31.2 Å². The average Bonchev–Trinajstić information content (AvgIpc) is 2.40. The number of benzene rings is 1. The van der Waals surface area contributed by atoms with Crippen LogP contribution < -0.4 is 4.72 Å². The van der Waals surface area contributed by atoms with Gasteiger partial charge in [0.05, 0.1) is 11.7 Å². The molecule has 124 valence electrons. The molecule has 2 atom stereocenters. The molecule has 2 N–H and O–H groups in total. The summed E-state index contributed by atoms with van der Waals surface area (Å²) in [6, 6.07) is 0.374. The zero-order chi connectivity index (χ0) is 16.5. The van der Waals surface area contributed by atoms with Crippen LogP contribution >= 0.6 is 0 Å². The smallest absolute Gasteiger partial charge is 0.391 e. The summed E-state index contributed by atoms with van der Waals surface area (Å²) >= 11 is 0. The van der Waals surface area contributed by atoms with E-state index in [1.807, 2.05) is 0 Å². The van der Waals surface area contributed by atoms with E-state index < -0.39 is 44.6 Å². The van der Waals surface area contributed by atoms with Gasteiger partial charge in [0.1, 0.15) is 10.7 Å². The second-order valence-corrected chi connectivity index (χ2v) is 6.90. The molecule has 0 bridgehead atoms. The summed E-state index contributed by atoms with van der Waals surface area (Å²) in [4.78, 5) is -1.07. The van der Waals surface area contributed by atoms with Crippen LogP contribution in [-0.4, -0.2) is 25.7 Å². The van der Waals surface area contributed by atoms with Gasteiger partial charge in [-0.3, -0.25) is 0 Å². The third-order valence-electron chi connectivity index (χ3n) is 3.58. The van der Waals surface area contributed by atoms with Gasteiger partial charge in [0.2, 0.25) is 10.0 Å². The molecule has 22 heavy (non-hydrogen) atoms. The second kappa shape index (κ2) is 6.13. The Labute approximate surface area is 125 Å². The minimum Gasteiger partial charge on any atom is -0.391 e. The SMILES string of the molecule is O=S(=O)(NC1CCCCC1O)c1cc(C(F)(F)F)ccc1F. The van der Waals surface area contributed by atoms with Crippen LogP contribution in [0.2, 0.25) is 0 Å². The number of hydrogen-bond acceptors (Lipinski definition) is 3. The molecule has 0 heterocycles. The van der Waals surface area contributed by atoms with Crippen molar-refractivity contribution in [3.63, 3.8) is 0 Å². The summed E-state index contributed by atoms with van der Waals surface area (Å²) in [6.07, 6.45) is -3.56. The average molecular weight is 341 g/mol. The maximum absolute atomic E-state index is 13.7. The number of nitrogens with one attached hydrogen (secondary N) is 1. The summed E-state index contributed by atoms with van der Waals surface area (Å²) in [5, 5.41) is 9.73. The first-order valence-corrected chi connectivity index (χ1v) is 8.17. The van der Waals surface area contributed by atoms with Gasteiger partial charge in [-0.05, 0) is 31.0 Å². The van der Waals surface area contributed by atoms with Crippen molar-refractivity contribution in [3.05, 3.63) is 29.6 Å². The standard InChI is InChI=1S/C13H15F4NO3S/c14-9-6-5-8(13(15,16)17)7-12(9)22(20,21)18-10-3-1-2-4-11(10)19/h5-7,10-11,18-19H,1-4H2.